The highest BCUT2D eigenvalue weighted by atomic mass is 127. The molecular formula is C30H29IN2O5. The molecule has 1 saturated heterocycles. The molecule has 0 saturated carbocycles. The fraction of sp³-hybridized carbons (Fsp3) is 0.233. The highest BCUT2D eigenvalue weighted by Gasteiger charge is 2.37. The van der Waals surface area contributed by atoms with Gasteiger partial charge >= 0.3 is 6.03 Å². The minimum atomic E-state index is -0.773. The Hall–Kier alpha value is -3.66. The number of barbiturate groups is 1. The minimum absolute atomic E-state index is 0.146. The van der Waals surface area contributed by atoms with Gasteiger partial charge in [0.1, 0.15) is 12.2 Å². The summed E-state index contributed by atoms with van der Waals surface area (Å²) in [7, 11) is 0. The van der Waals surface area contributed by atoms with Gasteiger partial charge in [-0.05, 0) is 104 Å². The van der Waals surface area contributed by atoms with Crippen molar-refractivity contribution in [1.29, 1.82) is 0 Å². The molecule has 38 heavy (non-hydrogen) atoms. The zero-order valence-electron chi connectivity index (χ0n) is 22.0. The Labute approximate surface area is 236 Å². The van der Waals surface area contributed by atoms with E-state index in [0.29, 0.717) is 36.0 Å². The number of imide groups is 2. The molecule has 0 radical (unpaired) electrons. The van der Waals surface area contributed by atoms with E-state index in [1.54, 1.807) is 12.1 Å². The predicted molar refractivity (Wildman–Crippen MR) is 155 cm³/mol. The Morgan fingerprint density at radius 3 is 2.29 bits per heavy atom. The lowest BCUT2D eigenvalue weighted by Gasteiger charge is -2.28. The van der Waals surface area contributed by atoms with Crippen LogP contribution in [0.3, 0.4) is 0 Å². The summed E-state index contributed by atoms with van der Waals surface area (Å²) < 4.78 is 12.8. The zero-order chi connectivity index (χ0) is 27.6. The van der Waals surface area contributed by atoms with E-state index in [2.05, 4.69) is 46.1 Å². The first-order valence-electron chi connectivity index (χ1n) is 12.2. The number of carbonyl (C=O) groups excluding carboxylic acids is 3. The molecule has 0 spiro atoms. The Morgan fingerprint density at radius 2 is 1.61 bits per heavy atom. The van der Waals surface area contributed by atoms with E-state index in [9.17, 15) is 14.4 Å². The van der Waals surface area contributed by atoms with E-state index in [0.717, 1.165) is 36.3 Å². The number of ether oxygens (including phenoxy) is 2. The number of halogens is 1. The topological polar surface area (TPSA) is 84.9 Å². The molecule has 1 fully saturated rings. The summed E-state index contributed by atoms with van der Waals surface area (Å²) in [6.45, 7) is 10.4. The molecule has 4 rings (SSSR count). The molecule has 1 N–H and O–H groups in total. The fourth-order valence-electron chi connectivity index (χ4n) is 4.39. The molecule has 4 amide bonds. The van der Waals surface area contributed by atoms with Crippen LogP contribution >= 0.6 is 22.6 Å². The molecule has 3 aromatic rings. The monoisotopic (exact) mass is 624 g/mol. The molecule has 1 aliphatic rings. The predicted octanol–water partition coefficient (Wildman–Crippen LogP) is 6.17. The van der Waals surface area contributed by atoms with Crippen LogP contribution in [-0.4, -0.2) is 24.5 Å². The first-order chi connectivity index (χ1) is 18.1. The lowest BCUT2D eigenvalue weighted by atomic mass is 10.0. The minimum Gasteiger partial charge on any atom is -0.490 e. The molecule has 196 valence electrons. The molecule has 8 heteroatoms. The average Bonchev–Trinajstić information content (AvgIpc) is 2.83. The zero-order valence-corrected chi connectivity index (χ0v) is 24.1. The SMILES string of the molecule is CCOc1cc(/C=C2\C(=O)NC(=O)N(c3cc(C)ccc3C)C2=O)cc(I)c1OCc1cc(C)cc(C)c1. The molecule has 0 unspecified atom stereocenters. The van der Waals surface area contributed by atoms with Crippen molar-refractivity contribution in [1.82, 2.24) is 5.32 Å². The van der Waals surface area contributed by atoms with E-state index in [1.165, 1.54) is 6.08 Å². The maximum atomic E-state index is 13.4. The van der Waals surface area contributed by atoms with Crippen molar-refractivity contribution in [2.75, 3.05) is 11.5 Å². The van der Waals surface area contributed by atoms with E-state index < -0.39 is 17.8 Å². The Balaban J connectivity index is 1.68. The number of carbonyl (C=O) groups is 3. The molecule has 3 aromatic carbocycles. The number of urea groups is 1. The molecule has 7 nitrogen and oxygen atoms in total. The maximum Gasteiger partial charge on any atom is 0.335 e. The third-order valence-corrected chi connectivity index (χ3v) is 6.82. The molecule has 0 atom stereocenters. The Morgan fingerprint density at radius 1 is 0.895 bits per heavy atom. The number of benzene rings is 3. The maximum absolute atomic E-state index is 13.4. The van der Waals surface area contributed by atoms with Gasteiger partial charge in [0.05, 0.1) is 15.9 Å². The third kappa shape index (κ3) is 5.91. The van der Waals surface area contributed by atoms with Crippen LogP contribution in [0, 0.1) is 31.3 Å². The standard InChI is InChI=1S/C30H29IN2O5/c1-6-37-26-15-21(14-24(31)27(26)38-16-22-10-18(3)9-19(4)11-22)13-23-28(34)32-30(36)33(29(23)35)25-12-17(2)7-8-20(25)5/h7-15H,6,16H2,1-5H3,(H,32,34,36)/b23-13+. The first-order valence-corrected chi connectivity index (χ1v) is 13.3. The van der Waals surface area contributed by atoms with Gasteiger partial charge in [0, 0.05) is 0 Å². The summed E-state index contributed by atoms with van der Waals surface area (Å²) in [5.74, 6) is -0.345. The number of hydrogen-bond acceptors (Lipinski definition) is 5. The lowest BCUT2D eigenvalue weighted by molar-refractivity contribution is -0.122. The molecule has 0 bridgehead atoms. The van der Waals surface area contributed by atoms with Gasteiger partial charge in [-0.3, -0.25) is 14.9 Å². The smallest absolute Gasteiger partial charge is 0.335 e. The number of amides is 4. The normalized spacial score (nSPS) is 14.6. The second-order valence-electron chi connectivity index (χ2n) is 9.30. The van der Waals surface area contributed by atoms with Gasteiger partial charge in [-0.2, -0.15) is 0 Å². The molecule has 1 heterocycles. The van der Waals surface area contributed by atoms with Gasteiger partial charge in [0.15, 0.2) is 11.5 Å². The Bertz CT molecular complexity index is 1460. The van der Waals surface area contributed by atoms with Gasteiger partial charge in [0.2, 0.25) is 0 Å². The molecule has 1 aliphatic heterocycles. The van der Waals surface area contributed by atoms with Crippen LogP contribution in [0.4, 0.5) is 10.5 Å². The van der Waals surface area contributed by atoms with Gasteiger partial charge < -0.3 is 9.47 Å². The number of rotatable bonds is 7. The summed E-state index contributed by atoms with van der Waals surface area (Å²) >= 11 is 2.15. The van der Waals surface area contributed by atoms with E-state index in [1.807, 2.05) is 52.8 Å². The van der Waals surface area contributed by atoms with Gasteiger partial charge in [-0.15, -0.1) is 0 Å². The van der Waals surface area contributed by atoms with Crippen molar-refractivity contribution < 1.29 is 23.9 Å². The van der Waals surface area contributed by atoms with Crippen molar-refractivity contribution in [2.45, 2.75) is 41.2 Å². The Kier molecular flexibility index (Phi) is 8.20. The lowest BCUT2D eigenvalue weighted by Crippen LogP contribution is -2.54. The molecule has 0 aromatic heterocycles. The van der Waals surface area contributed by atoms with E-state index >= 15 is 0 Å². The van der Waals surface area contributed by atoms with Crippen LogP contribution < -0.4 is 19.7 Å². The van der Waals surface area contributed by atoms with Crippen LogP contribution in [-0.2, 0) is 16.2 Å². The fourth-order valence-corrected chi connectivity index (χ4v) is 5.17. The number of aryl methyl sites for hydroxylation is 4. The van der Waals surface area contributed by atoms with Gasteiger partial charge in [-0.25, -0.2) is 9.69 Å². The first kappa shape index (κ1) is 27.4. The largest absolute Gasteiger partial charge is 0.490 e. The quantitative estimate of drug-likeness (QED) is 0.193. The van der Waals surface area contributed by atoms with E-state index in [-0.39, 0.29) is 5.57 Å². The van der Waals surface area contributed by atoms with Crippen LogP contribution in [0.5, 0.6) is 11.5 Å². The van der Waals surface area contributed by atoms with Gasteiger partial charge in [0.25, 0.3) is 11.8 Å². The van der Waals surface area contributed by atoms with Crippen LogP contribution in [0.15, 0.2) is 54.1 Å². The number of anilines is 1. The highest BCUT2D eigenvalue weighted by Crippen LogP contribution is 2.36. The van der Waals surface area contributed by atoms with E-state index in [4.69, 9.17) is 9.47 Å². The van der Waals surface area contributed by atoms with Crippen LogP contribution in [0.2, 0.25) is 0 Å². The van der Waals surface area contributed by atoms with Crippen molar-refractivity contribution in [3.05, 3.63) is 91.1 Å². The summed E-state index contributed by atoms with van der Waals surface area (Å²) in [4.78, 5) is 39.8. The van der Waals surface area contributed by atoms with Crippen LogP contribution in [0.1, 0.15) is 40.3 Å². The molecular weight excluding hydrogens is 595 g/mol. The average molecular weight is 624 g/mol. The number of nitrogens with one attached hydrogen (secondary N) is 1. The van der Waals surface area contributed by atoms with Crippen LogP contribution in [0.25, 0.3) is 6.08 Å². The summed E-state index contributed by atoms with van der Waals surface area (Å²) in [5.41, 5.74) is 5.87. The second kappa shape index (κ2) is 11.4. The summed E-state index contributed by atoms with van der Waals surface area (Å²) in [6, 6.07) is 14.5. The number of hydrogen-bond donors (Lipinski definition) is 1. The summed E-state index contributed by atoms with van der Waals surface area (Å²) in [5, 5.41) is 2.29. The van der Waals surface area contributed by atoms with Gasteiger partial charge in [-0.1, -0.05) is 41.5 Å². The number of nitrogens with zero attached hydrogens (tertiary/aromatic N) is 1. The summed E-state index contributed by atoms with van der Waals surface area (Å²) in [6.07, 6.45) is 1.47. The van der Waals surface area contributed by atoms with Crippen molar-refractivity contribution in [2.24, 2.45) is 0 Å². The third-order valence-electron chi connectivity index (χ3n) is 6.01. The highest BCUT2D eigenvalue weighted by molar-refractivity contribution is 14.1. The van der Waals surface area contributed by atoms with Crippen molar-refractivity contribution in [3.8, 4) is 11.5 Å². The van der Waals surface area contributed by atoms with Crippen molar-refractivity contribution >= 4 is 52.2 Å². The van der Waals surface area contributed by atoms with Crippen molar-refractivity contribution in [3.63, 3.8) is 0 Å². The second-order valence-corrected chi connectivity index (χ2v) is 10.5. The molecule has 0 aliphatic carbocycles.